The van der Waals surface area contributed by atoms with Gasteiger partial charge in [0.15, 0.2) is 0 Å². The number of hydrogen-bond acceptors (Lipinski definition) is 3. The molecule has 0 saturated carbocycles. The molecule has 1 aromatic heterocycles. The molecule has 5 rings (SSSR count). The smallest absolute Gasteiger partial charge is 0.246 e. The van der Waals surface area contributed by atoms with E-state index in [0.29, 0.717) is 36.8 Å². The van der Waals surface area contributed by atoms with Gasteiger partial charge in [0.25, 0.3) is 0 Å². The van der Waals surface area contributed by atoms with Gasteiger partial charge >= 0.3 is 0 Å². The molecule has 2 fully saturated rings. The highest BCUT2D eigenvalue weighted by Gasteiger charge is 2.41. The number of likely N-dealkylation sites (tertiary alicyclic amines) is 1. The molecule has 0 unspecified atom stereocenters. The Morgan fingerprint density at radius 3 is 2.87 bits per heavy atom. The van der Waals surface area contributed by atoms with Crippen LogP contribution >= 0.6 is 0 Å². The molecule has 3 N–H and O–H groups in total. The number of hydrogen-bond donors (Lipinski definition) is 2. The number of aromatic amines is 1. The molecule has 2 aromatic carbocycles. The van der Waals surface area contributed by atoms with Crippen LogP contribution in [0, 0.1) is 11.7 Å². The van der Waals surface area contributed by atoms with E-state index in [1.807, 2.05) is 29.2 Å². The fourth-order valence-corrected chi connectivity index (χ4v) is 5.43. The Balaban J connectivity index is 1.65. The van der Waals surface area contributed by atoms with Crippen LogP contribution in [-0.2, 0) is 16.0 Å². The Bertz CT molecular complexity index is 1220. The van der Waals surface area contributed by atoms with Crippen LogP contribution in [0.3, 0.4) is 0 Å². The zero-order chi connectivity index (χ0) is 21.7. The monoisotopic (exact) mass is 420 g/mol. The van der Waals surface area contributed by atoms with E-state index >= 15 is 4.39 Å². The number of fused-ring (bicyclic) bond motifs is 4. The van der Waals surface area contributed by atoms with Crippen LogP contribution in [0.4, 0.5) is 10.1 Å². The van der Waals surface area contributed by atoms with Crippen molar-refractivity contribution in [1.82, 2.24) is 9.88 Å². The Hall–Kier alpha value is -3.35. The van der Waals surface area contributed by atoms with Crippen LogP contribution in [0.25, 0.3) is 21.8 Å². The van der Waals surface area contributed by atoms with Crippen molar-refractivity contribution in [2.24, 2.45) is 11.7 Å². The minimum Gasteiger partial charge on any atom is -0.369 e. The molecule has 3 aromatic rings. The zero-order valence-corrected chi connectivity index (χ0v) is 17.2. The Kier molecular flexibility index (Phi) is 4.68. The van der Waals surface area contributed by atoms with E-state index in [1.165, 1.54) is 12.1 Å². The number of aromatic nitrogens is 1. The summed E-state index contributed by atoms with van der Waals surface area (Å²) in [7, 11) is 0. The summed E-state index contributed by atoms with van der Waals surface area (Å²) < 4.78 is 15.6. The second kappa shape index (κ2) is 7.41. The molecule has 0 spiro atoms. The molecule has 0 radical (unpaired) electrons. The molecule has 2 saturated heterocycles. The van der Waals surface area contributed by atoms with Crippen molar-refractivity contribution in [1.29, 1.82) is 0 Å². The van der Waals surface area contributed by atoms with Gasteiger partial charge in [0.1, 0.15) is 5.82 Å². The number of anilines is 1. The maximum absolute atomic E-state index is 15.6. The standard InChI is InChI=1S/C24H25FN4O2/c1-2-21(31)29-9-5-6-14-12-28(13-19(14)29)24-17(25)10-15(11-20(26)30)23-22(24)16-7-3-4-8-18(16)27-23/h2-4,7-8,10,14,19,27H,1,5-6,9,11-13H2,(H2,26,30)/t14-,19+/m1/s1. The lowest BCUT2D eigenvalue weighted by atomic mass is 9.92. The Morgan fingerprint density at radius 1 is 1.29 bits per heavy atom. The molecule has 3 heterocycles. The SMILES string of the molecule is C=CC(=O)N1CCC[C@@H]2CN(c3c(F)cc(CC(N)=O)c4[nH]c5ccccc5c34)C[C@@H]21. The van der Waals surface area contributed by atoms with E-state index in [9.17, 15) is 9.59 Å². The van der Waals surface area contributed by atoms with Gasteiger partial charge in [-0.2, -0.15) is 0 Å². The van der Waals surface area contributed by atoms with Gasteiger partial charge in [-0.3, -0.25) is 9.59 Å². The third-order valence-corrected chi connectivity index (χ3v) is 6.71. The maximum Gasteiger partial charge on any atom is 0.246 e. The normalized spacial score (nSPS) is 20.9. The van der Waals surface area contributed by atoms with Gasteiger partial charge in [-0.25, -0.2) is 4.39 Å². The molecule has 160 valence electrons. The molecule has 6 nitrogen and oxygen atoms in total. The van der Waals surface area contributed by atoms with Crippen LogP contribution in [0.1, 0.15) is 18.4 Å². The van der Waals surface area contributed by atoms with Crippen molar-refractivity contribution in [3.8, 4) is 0 Å². The van der Waals surface area contributed by atoms with Crippen molar-refractivity contribution in [3.05, 3.63) is 54.4 Å². The number of amides is 2. The lowest BCUT2D eigenvalue weighted by molar-refractivity contribution is -0.130. The fraction of sp³-hybridized carbons (Fsp3) is 0.333. The van der Waals surface area contributed by atoms with E-state index in [1.54, 1.807) is 0 Å². The van der Waals surface area contributed by atoms with E-state index < -0.39 is 5.91 Å². The lowest BCUT2D eigenvalue weighted by Crippen LogP contribution is -2.47. The number of primary amides is 1. The van der Waals surface area contributed by atoms with Gasteiger partial charge in [-0.15, -0.1) is 0 Å². The summed E-state index contributed by atoms with van der Waals surface area (Å²) in [5.41, 5.74) is 8.13. The minimum absolute atomic E-state index is 0.0343. The lowest BCUT2D eigenvalue weighted by Gasteiger charge is -2.36. The maximum atomic E-state index is 15.6. The number of nitrogens with two attached hydrogens (primary N) is 1. The van der Waals surface area contributed by atoms with Gasteiger partial charge in [-0.1, -0.05) is 24.8 Å². The van der Waals surface area contributed by atoms with Gasteiger partial charge in [0, 0.05) is 35.9 Å². The second-order valence-corrected chi connectivity index (χ2v) is 8.54. The highest BCUT2D eigenvalue weighted by Crippen LogP contribution is 2.42. The summed E-state index contributed by atoms with van der Waals surface area (Å²) in [6, 6.07) is 9.22. The molecule has 7 heteroatoms. The number of H-pyrrole nitrogens is 1. The number of para-hydroxylation sites is 1. The second-order valence-electron chi connectivity index (χ2n) is 8.54. The van der Waals surface area contributed by atoms with Crippen LogP contribution < -0.4 is 10.6 Å². The van der Waals surface area contributed by atoms with Gasteiger partial charge in [0.2, 0.25) is 11.8 Å². The van der Waals surface area contributed by atoms with Gasteiger partial charge in [0.05, 0.1) is 23.7 Å². The minimum atomic E-state index is -0.502. The van der Waals surface area contributed by atoms with Crippen molar-refractivity contribution >= 4 is 39.3 Å². The third-order valence-electron chi connectivity index (χ3n) is 6.71. The summed E-state index contributed by atoms with van der Waals surface area (Å²) in [6.07, 6.45) is 3.28. The van der Waals surface area contributed by atoms with Crippen LogP contribution in [0.15, 0.2) is 43.0 Å². The molecular weight excluding hydrogens is 395 g/mol. The van der Waals surface area contributed by atoms with Crippen molar-refractivity contribution in [3.63, 3.8) is 0 Å². The first-order valence-electron chi connectivity index (χ1n) is 10.7. The number of rotatable bonds is 4. The molecule has 2 aliphatic heterocycles. The molecule has 0 aliphatic carbocycles. The van der Waals surface area contributed by atoms with Crippen molar-refractivity contribution in [2.75, 3.05) is 24.5 Å². The van der Waals surface area contributed by atoms with Crippen LogP contribution in [-0.4, -0.2) is 47.4 Å². The fourth-order valence-electron chi connectivity index (χ4n) is 5.43. The molecular formula is C24H25FN4O2. The van der Waals surface area contributed by atoms with E-state index in [-0.39, 0.29) is 24.2 Å². The predicted molar refractivity (Wildman–Crippen MR) is 119 cm³/mol. The topological polar surface area (TPSA) is 82.4 Å². The van der Waals surface area contributed by atoms with E-state index in [2.05, 4.69) is 16.5 Å². The number of carbonyl (C=O) groups excluding carboxylic acids is 2. The Morgan fingerprint density at radius 2 is 2.10 bits per heavy atom. The summed E-state index contributed by atoms with van der Waals surface area (Å²) in [5.74, 6) is -0.639. The summed E-state index contributed by atoms with van der Waals surface area (Å²) >= 11 is 0. The molecule has 2 atom stereocenters. The van der Waals surface area contributed by atoms with E-state index in [0.717, 1.165) is 34.6 Å². The third kappa shape index (κ3) is 3.15. The zero-order valence-electron chi connectivity index (χ0n) is 17.2. The van der Waals surface area contributed by atoms with Crippen LogP contribution in [0.5, 0.6) is 0 Å². The molecule has 31 heavy (non-hydrogen) atoms. The summed E-state index contributed by atoms with van der Waals surface area (Å²) in [4.78, 5) is 31.3. The van der Waals surface area contributed by atoms with E-state index in [4.69, 9.17) is 5.73 Å². The predicted octanol–water partition coefficient (Wildman–Crippen LogP) is 3.10. The molecule has 0 bridgehead atoms. The van der Waals surface area contributed by atoms with Gasteiger partial charge < -0.3 is 20.5 Å². The first-order valence-corrected chi connectivity index (χ1v) is 10.7. The number of halogens is 1. The quantitative estimate of drug-likeness (QED) is 0.637. The number of piperidine rings is 1. The molecule has 2 aliphatic rings. The number of nitrogens with zero attached hydrogens (tertiary/aromatic N) is 2. The first-order chi connectivity index (χ1) is 15.0. The Labute approximate surface area is 179 Å². The van der Waals surface area contributed by atoms with Crippen molar-refractivity contribution < 1.29 is 14.0 Å². The number of benzene rings is 2. The highest BCUT2D eigenvalue weighted by molar-refractivity contribution is 6.15. The highest BCUT2D eigenvalue weighted by atomic mass is 19.1. The first kappa shape index (κ1) is 19.6. The summed E-state index contributed by atoms with van der Waals surface area (Å²) in [5, 5.41) is 1.68. The summed E-state index contributed by atoms with van der Waals surface area (Å²) in [6.45, 7) is 5.61. The number of carbonyl (C=O) groups is 2. The van der Waals surface area contributed by atoms with Crippen molar-refractivity contribution in [2.45, 2.75) is 25.3 Å². The largest absolute Gasteiger partial charge is 0.369 e. The molecule has 2 amide bonds. The van der Waals surface area contributed by atoms with Gasteiger partial charge in [-0.05, 0) is 42.5 Å². The average Bonchev–Trinajstić information content (AvgIpc) is 3.35. The van der Waals surface area contributed by atoms with Crippen LogP contribution in [0.2, 0.25) is 0 Å². The average molecular weight is 420 g/mol. The number of nitrogens with one attached hydrogen (secondary N) is 1.